The Bertz CT molecular complexity index is 692. The third-order valence-electron chi connectivity index (χ3n) is 7.00. The van der Waals surface area contributed by atoms with E-state index < -0.39 is 11.6 Å². The minimum atomic E-state index is -0.910. The van der Waals surface area contributed by atoms with E-state index in [1.54, 1.807) is 12.1 Å². The van der Waals surface area contributed by atoms with Gasteiger partial charge >= 0.3 is 0 Å². The van der Waals surface area contributed by atoms with E-state index in [9.17, 15) is 13.6 Å². The number of alkyl halides is 1. The highest BCUT2D eigenvalue weighted by atomic mass is 19.1. The van der Waals surface area contributed by atoms with Crippen LogP contribution in [-0.4, -0.2) is 43.2 Å². The van der Waals surface area contributed by atoms with Gasteiger partial charge in [-0.2, -0.15) is 0 Å². The van der Waals surface area contributed by atoms with Crippen molar-refractivity contribution in [1.29, 1.82) is 0 Å². The van der Waals surface area contributed by atoms with Gasteiger partial charge in [0.2, 0.25) is 5.91 Å². The van der Waals surface area contributed by atoms with Gasteiger partial charge < -0.3 is 10.2 Å². The van der Waals surface area contributed by atoms with E-state index >= 15 is 0 Å². The second-order valence-corrected chi connectivity index (χ2v) is 10.5. The molecule has 1 aliphatic heterocycles. The molecule has 3 nitrogen and oxygen atoms in total. The first kappa shape index (κ1) is 23.2. The Morgan fingerprint density at radius 2 is 1.83 bits per heavy atom. The number of halogens is 2. The van der Waals surface area contributed by atoms with E-state index in [4.69, 9.17) is 0 Å². The Labute approximate surface area is 180 Å². The number of likely N-dealkylation sites (tertiary alicyclic amines) is 1. The maximum atomic E-state index is 14.8. The van der Waals surface area contributed by atoms with Crippen LogP contribution < -0.4 is 5.32 Å². The molecule has 0 radical (unpaired) electrons. The van der Waals surface area contributed by atoms with Gasteiger partial charge in [-0.1, -0.05) is 52.2 Å². The van der Waals surface area contributed by atoms with Crippen molar-refractivity contribution in [3.8, 4) is 0 Å². The highest BCUT2D eigenvalue weighted by molar-refractivity contribution is 5.88. The van der Waals surface area contributed by atoms with Crippen LogP contribution in [0.1, 0.15) is 71.3 Å². The predicted molar refractivity (Wildman–Crippen MR) is 118 cm³/mol. The molecule has 2 aliphatic rings. The summed E-state index contributed by atoms with van der Waals surface area (Å²) in [5.41, 5.74) is 0.533. The Morgan fingerprint density at radius 1 is 1.17 bits per heavy atom. The molecule has 0 spiro atoms. The number of carbonyl (C=O) groups excluding carboxylic acids is 1. The summed E-state index contributed by atoms with van der Waals surface area (Å²) < 4.78 is 28.3. The zero-order valence-electron chi connectivity index (χ0n) is 18.9. The maximum absolute atomic E-state index is 14.8. The van der Waals surface area contributed by atoms with Crippen LogP contribution >= 0.6 is 0 Å². The smallest absolute Gasteiger partial charge is 0.230 e. The summed E-state index contributed by atoms with van der Waals surface area (Å²) in [4.78, 5) is 15.5. The van der Waals surface area contributed by atoms with Crippen LogP contribution in [0.25, 0.3) is 0 Å². The van der Waals surface area contributed by atoms with E-state index in [1.807, 2.05) is 0 Å². The van der Waals surface area contributed by atoms with Gasteiger partial charge in [0.25, 0.3) is 0 Å². The van der Waals surface area contributed by atoms with Crippen molar-refractivity contribution in [2.45, 2.75) is 77.3 Å². The standard InChI is InChI=1S/C25H38F2N2O/c1-24(2,3)14-16-29-15-11-19(22(27)18-29)17-28-23(30)25(12-5-4-6-13-25)20-7-9-21(26)10-8-20/h7-10,19,22H,4-6,11-18H2,1-3H3,(H,28,30)/t19-,22-/m0/s1. The third-order valence-corrected chi connectivity index (χ3v) is 7.00. The Hall–Kier alpha value is -1.49. The lowest BCUT2D eigenvalue weighted by atomic mass is 9.68. The van der Waals surface area contributed by atoms with Crippen LogP contribution in [0.2, 0.25) is 0 Å². The summed E-state index contributed by atoms with van der Waals surface area (Å²) in [6.45, 7) is 9.30. The lowest BCUT2D eigenvalue weighted by Crippen LogP contribution is -2.50. The summed E-state index contributed by atoms with van der Waals surface area (Å²) in [7, 11) is 0. The van der Waals surface area contributed by atoms with Gasteiger partial charge in [-0.15, -0.1) is 0 Å². The summed E-state index contributed by atoms with van der Waals surface area (Å²) in [5.74, 6) is -0.437. The highest BCUT2D eigenvalue weighted by Gasteiger charge is 2.41. The number of nitrogens with zero attached hydrogens (tertiary/aromatic N) is 1. The van der Waals surface area contributed by atoms with Gasteiger partial charge in [-0.05, 0) is 61.9 Å². The normalized spacial score (nSPS) is 25.1. The maximum Gasteiger partial charge on any atom is 0.230 e. The predicted octanol–water partition coefficient (Wildman–Crippen LogP) is 5.24. The number of hydrogen-bond acceptors (Lipinski definition) is 2. The average molecular weight is 421 g/mol. The molecule has 3 rings (SSSR count). The van der Waals surface area contributed by atoms with Gasteiger partial charge in [0, 0.05) is 19.0 Å². The fourth-order valence-corrected chi connectivity index (χ4v) is 4.91. The molecular formula is C25H38F2N2O. The number of nitrogens with one attached hydrogen (secondary N) is 1. The van der Waals surface area contributed by atoms with Crippen molar-refractivity contribution in [2.75, 3.05) is 26.2 Å². The lowest BCUT2D eigenvalue weighted by molar-refractivity contribution is -0.128. The number of rotatable bonds is 6. The Balaban J connectivity index is 1.57. The van der Waals surface area contributed by atoms with Crippen LogP contribution in [-0.2, 0) is 10.2 Å². The second kappa shape index (κ2) is 9.76. The van der Waals surface area contributed by atoms with Crippen LogP contribution in [0.5, 0.6) is 0 Å². The van der Waals surface area contributed by atoms with Gasteiger partial charge in [0.15, 0.2) is 0 Å². The summed E-state index contributed by atoms with van der Waals surface area (Å²) in [6, 6.07) is 6.35. The molecule has 5 heteroatoms. The van der Waals surface area contributed by atoms with E-state index in [0.29, 0.717) is 13.1 Å². The van der Waals surface area contributed by atoms with Crippen molar-refractivity contribution in [3.63, 3.8) is 0 Å². The quantitative estimate of drug-likeness (QED) is 0.683. The highest BCUT2D eigenvalue weighted by Crippen LogP contribution is 2.40. The molecule has 1 aromatic carbocycles. The number of benzene rings is 1. The fourth-order valence-electron chi connectivity index (χ4n) is 4.91. The molecular weight excluding hydrogens is 382 g/mol. The van der Waals surface area contributed by atoms with Crippen molar-refractivity contribution >= 4 is 5.91 Å². The monoisotopic (exact) mass is 420 g/mol. The van der Waals surface area contributed by atoms with E-state index in [2.05, 4.69) is 31.0 Å². The number of hydrogen-bond donors (Lipinski definition) is 1. The van der Waals surface area contributed by atoms with Gasteiger partial charge in [-0.3, -0.25) is 4.79 Å². The molecule has 0 bridgehead atoms. The Morgan fingerprint density at radius 3 is 2.43 bits per heavy atom. The first-order valence-corrected chi connectivity index (χ1v) is 11.6. The summed E-state index contributed by atoms with van der Waals surface area (Å²) in [5, 5.41) is 3.09. The topological polar surface area (TPSA) is 32.3 Å². The van der Waals surface area contributed by atoms with E-state index in [-0.39, 0.29) is 23.1 Å². The molecule has 2 atom stereocenters. The van der Waals surface area contributed by atoms with Crippen molar-refractivity contribution in [1.82, 2.24) is 10.2 Å². The molecule has 1 amide bonds. The molecule has 168 valence electrons. The molecule has 30 heavy (non-hydrogen) atoms. The first-order chi connectivity index (χ1) is 14.2. The largest absolute Gasteiger partial charge is 0.355 e. The summed E-state index contributed by atoms with van der Waals surface area (Å²) in [6.07, 6.45) is 5.56. The molecule has 1 saturated carbocycles. The zero-order valence-corrected chi connectivity index (χ0v) is 18.9. The molecule has 1 N–H and O–H groups in total. The van der Waals surface area contributed by atoms with E-state index in [1.165, 1.54) is 12.1 Å². The van der Waals surface area contributed by atoms with E-state index in [0.717, 1.165) is 63.6 Å². The van der Waals surface area contributed by atoms with Crippen LogP contribution in [0, 0.1) is 17.2 Å². The lowest BCUT2D eigenvalue weighted by Gasteiger charge is -2.38. The van der Waals surface area contributed by atoms with Crippen LogP contribution in [0.3, 0.4) is 0 Å². The van der Waals surface area contributed by atoms with Crippen LogP contribution in [0.15, 0.2) is 24.3 Å². The minimum absolute atomic E-state index is 0.0174. The number of amides is 1. The molecule has 1 aliphatic carbocycles. The average Bonchev–Trinajstić information content (AvgIpc) is 2.72. The molecule has 1 aromatic rings. The van der Waals surface area contributed by atoms with Crippen molar-refractivity contribution in [2.24, 2.45) is 11.3 Å². The molecule has 2 fully saturated rings. The fraction of sp³-hybridized carbons (Fsp3) is 0.720. The van der Waals surface area contributed by atoms with Crippen LogP contribution in [0.4, 0.5) is 8.78 Å². The van der Waals surface area contributed by atoms with Gasteiger partial charge in [-0.25, -0.2) is 8.78 Å². The second-order valence-electron chi connectivity index (χ2n) is 10.5. The molecule has 0 unspecified atom stereocenters. The number of carbonyl (C=O) groups is 1. The van der Waals surface area contributed by atoms with Gasteiger partial charge in [0.1, 0.15) is 12.0 Å². The third kappa shape index (κ3) is 5.81. The number of piperidine rings is 1. The van der Waals surface area contributed by atoms with Gasteiger partial charge in [0.05, 0.1) is 5.41 Å². The van der Waals surface area contributed by atoms with Crippen molar-refractivity contribution < 1.29 is 13.6 Å². The molecule has 1 heterocycles. The molecule has 0 aromatic heterocycles. The summed E-state index contributed by atoms with van der Waals surface area (Å²) >= 11 is 0. The molecule has 1 saturated heterocycles. The zero-order chi connectivity index (χ0) is 21.8. The SMILES string of the molecule is CC(C)(C)CCN1CC[C@@H](CNC(=O)C2(c3ccc(F)cc3)CCCCC2)[C@@H](F)C1. The minimum Gasteiger partial charge on any atom is -0.355 e. The van der Waals surface area contributed by atoms with Crippen molar-refractivity contribution in [3.05, 3.63) is 35.6 Å². The first-order valence-electron chi connectivity index (χ1n) is 11.6. The Kier molecular flexibility index (Phi) is 7.54.